The second-order valence-electron chi connectivity index (χ2n) is 5.70. The molecule has 23 heavy (non-hydrogen) atoms. The van der Waals surface area contributed by atoms with Crippen LogP contribution in [-0.2, 0) is 17.9 Å². The maximum absolute atomic E-state index is 12.2. The van der Waals surface area contributed by atoms with E-state index < -0.39 is 0 Å². The van der Waals surface area contributed by atoms with Gasteiger partial charge in [0, 0.05) is 17.7 Å². The average Bonchev–Trinajstić information content (AvgIpc) is 3.05. The Bertz CT molecular complexity index is 620. The van der Waals surface area contributed by atoms with Gasteiger partial charge < -0.3 is 19.2 Å². The van der Waals surface area contributed by atoms with Gasteiger partial charge in [0.25, 0.3) is 5.91 Å². The minimum Gasteiger partial charge on any atom is -0.496 e. The first-order valence-electron chi connectivity index (χ1n) is 7.65. The molecule has 0 fully saturated rings. The van der Waals surface area contributed by atoms with Crippen molar-refractivity contribution in [3.63, 3.8) is 0 Å². The van der Waals surface area contributed by atoms with Crippen LogP contribution >= 0.6 is 0 Å². The number of methoxy groups -OCH3 is 1. The fourth-order valence-corrected chi connectivity index (χ4v) is 2.12. The van der Waals surface area contributed by atoms with Gasteiger partial charge in [0.1, 0.15) is 11.5 Å². The number of nitrogens with one attached hydrogen (secondary N) is 1. The molecule has 0 aliphatic rings. The maximum Gasteiger partial charge on any atom is 0.251 e. The highest BCUT2D eigenvalue weighted by atomic mass is 16.5. The fourth-order valence-electron chi connectivity index (χ4n) is 2.12. The Kier molecular flexibility index (Phi) is 6.23. The molecule has 0 bridgehead atoms. The van der Waals surface area contributed by atoms with Crippen molar-refractivity contribution >= 4 is 5.91 Å². The van der Waals surface area contributed by atoms with Gasteiger partial charge in [-0.05, 0) is 36.2 Å². The summed E-state index contributed by atoms with van der Waals surface area (Å²) in [6.07, 6.45) is 1.58. The number of carbonyl (C=O) groups excluding carboxylic acids is 1. The Hall–Kier alpha value is -2.27. The predicted octanol–water partition coefficient (Wildman–Crippen LogP) is 3.39. The van der Waals surface area contributed by atoms with Crippen molar-refractivity contribution in [2.24, 2.45) is 5.92 Å². The predicted molar refractivity (Wildman–Crippen MR) is 87.4 cm³/mol. The zero-order valence-corrected chi connectivity index (χ0v) is 13.8. The van der Waals surface area contributed by atoms with Crippen molar-refractivity contribution in [3.8, 4) is 5.75 Å². The zero-order valence-electron chi connectivity index (χ0n) is 13.8. The monoisotopic (exact) mass is 317 g/mol. The summed E-state index contributed by atoms with van der Waals surface area (Å²) in [5, 5.41) is 2.83. The number of amides is 1. The number of furan rings is 1. The Morgan fingerprint density at radius 2 is 2.13 bits per heavy atom. The Morgan fingerprint density at radius 1 is 1.30 bits per heavy atom. The molecule has 5 heteroatoms. The smallest absolute Gasteiger partial charge is 0.251 e. The molecule has 2 aromatic rings. The summed E-state index contributed by atoms with van der Waals surface area (Å²) in [6.45, 7) is 5.63. The van der Waals surface area contributed by atoms with Crippen LogP contribution in [0.1, 0.15) is 35.5 Å². The van der Waals surface area contributed by atoms with Gasteiger partial charge in [0.05, 0.1) is 26.5 Å². The third-order valence-electron chi connectivity index (χ3n) is 3.25. The van der Waals surface area contributed by atoms with Crippen LogP contribution < -0.4 is 10.1 Å². The summed E-state index contributed by atoms with van der Waals surface area (Å²) in [7, 11) is 1.61. The van der Waals surface area contributed by atoms with Gasteiger partial charge in [0.2, 0.25) is 0 Å². The topological polar surface area (TPSA) is 60.7 Å². The van der Waals surface area contributed by atoms with E-state index in [1.165, 1.54) is 0 Å². The van der Waals surface area contributed by atoms with Crippen molar-refractivity contribution in [2.45, 2.75) is 27.0 Å². The van der Waals surface area contributed by atoms with Crippen LogP contribution in [0.4, 0.5) is 0 Å². The highest BCUT2D eigenvalue weighted by Gasteiger charge is 2.11. The minimum atomic E-state index is -0.158. The molecule has 1 aromatic carbocycles. The van der Waals surface area contributed by atoms with Crippen molar-refractivity contribution in [1.29, 1.82) is 0 Å². The molecule has 0 unspecified atom stereocenters. The van der Waals surface area contributed by atoms with Gasteiger partial charge in [-0.15, -0.1) is 0 Å². The first-order valence-corrected chi connectivity index (χ1v) is 7.65. The van der Waals surface area contributed by atoms with Gasteiger partial charge in [0.15, 0.2) is 0 Å². The number of benzene rings is 1. The summed E-state index contributed by atoms with van der Waals surface area (Å²) in [5.41, 5.74) is 1.43. The molecule has 0 saturated carbocycles. The summed E-state index contributed by atoms with van der Waals surface area (Å²) in [5.74, 6) is 1.73. The normalized spacial score (nSPS) is 10.8. The lowest BCUT2D eigenvalue weighted by molar-refractivity contribution is 0.0935. The molecular weight excluding hydrogens is 294 g/mol. The van der Waals surface area contributed by atoms with E-state index in [1.54, 1.807) is 37.6 Å². The van der Waals surface area contributed by atoms with Gasteiger partial charge in [-0.2, -0.15) is 0 Å². The van der Waals surface area contributed by atoms with Gasteiger partial charge in [-0.25, -0.2) is 0 Å². The molecule has 5 nitrogen and oxygen atoms in total. The van der Waals surface area contributed by atoms with Gasteiger partial charge >= 0.3 is 0 Å². The van der Waals surface area contributed by atoms with E-state index in [4.69, 9.17) is 13.9 Å². The van der Waals surface area contributed by atoms with E-state index in [-0.39, 0.29) is 5.91 Å². The van der Waals surface area contributed by atoms with E-state index in [9.17, 15) is 4.79 Å². The maximum atomic E-state index is 12.2. The van der Waals surface area contributed by atoms with Crippen LogP contribution in [0.3, 0.4) is 0 Å². The van der Waals surface area contributed by atoms with Crippen LogP contribution in [0.5, 0.6) is 5.75 Å². The fraction of sp³-hybridized carbons (Fsp3) is 0.389. The molecule has 0 saturated heterocycles. The number of rotatable bonds is 8. The molecule has 2 rings (SSSR count). The number of ether oxygens (including phenoxy) is 2. The second-order valence-corrected chi connectivity index (χ2v) is 5.70. The molecular formula is C18H23NO4. The van der Waals surface area contributed by atoms with Crippen LogP contribution in [0, 0.1) is 5.92 Å². The number of carbonyl (C=O) groups is 1. The quantitative estimate of drug-likeness (QED) is 0.810. The summed E-state index contributed by atoms with van der Waals surface area (Å²) in [6, 6.07) is 8.94. The molecule has 1 amide bonds. The Labute approximate surface area is 136 Å². The molecule has 0 spiro atoms. The number of hydrogen-bond donors (Lipinski definition) is 1. The third-order valence-corrected chi connectivity index (χ3v) is 3.25. The van der Waals surface area contributed by atoms with Crippen LogP contribution in [0.15, 0.2) is 41.0 Å². The molecule has 0 aliphatic heterocycles. The summed E-state index contributed by atoms with van der Waals surface area (Å²) >= 11 is 0. The van der Waals surface area contributed by atoms with Crippen LogP contribution in [-0.4, -0.2) is 19.6 Å². The molecule has 0 aliphatic carbocycles. The van der Waals surface area contributed by atoms with Crippen molar-refractivity contribution in [3.05, 3.63) is 53.5 Å². The lowest BCUT2D eigenvalue weighted by atomic mass is 10.1. The minimum absolute atomic E-state index is 0.158. The molecule has 1 aromatic heterocycles. The van der Waals surface area contributed by atoms with Crippen molar-refractivity contribution in [1.82, 2.24) is 5.32 Å². The highest BCUT2D eigenvalue weighted by Crippen LogP contribution is 2.21. The molecule has 124 valence electrons. The summed E-state index contributed by atoms with van der Waals surface area (Å²) < 4.78 is 16.2. The van der Waals surface area contributed by atoms with Gasteiger partial charge in [-0.3, -0.25) is 4.79 Å². The first kappa shape index (κ1) is 17.1. The van der Waals surface area contributed by atoms with Crippen LogP contribution in [0.2, 0.25) is 0 Å². The average molecular weight is 317 g/mol. The van der Waals surface area contributed by atoms with E-state index in [2.05, 4.69) is 19.2 Å². The third kappa shape index (κ3) is 5.14. The lowest BCUT2D eigenvalue weighted by Gasteiger charge is -2.12. The van der Waals surface area contributed by atoms with Crippen molar-refractivity contribution in [2.75, 3.05) is 13.7 Å². The second kappa shape index (κ2) is 8.39. The van der Waals surface area contributed by atoms with E-state index in [1.807, 2.05) is 6.07 Å². The van der Waals surface area contributed by atoms with Gasteiger partial charge in [-0.1, -0.05) is 13.8 Å². The Balaban J connectivity index is 2.01. The van der Waals surface area contributed by atoms with Crippen LogP contribution in [0.25, 0.3) is 0 Å². The zero-order chi connectivity index (χ0) is 16.7. The molecule has 1 heterocycles. The largest absolute Gasteiger partial charge is 0.496 e. The lowest BCUT2D eigenvalue weighted by Crippen LogP contribution is -2.22. The SMILES string of the molecule is COc1ccc(C(=O)NCc2ccco2)cc1COCC(C)C. The van der Waals surface area contributed by atoms with E-state index in [0.29, 0.717) is 37.0 Å². The molecule has 0 atom stereocenters. The summed E-state index contributed by atoms with van der Waals surface area (Å²) in [4.78, 5) is 12.2. The van der Waals surface area contributed by atoms with E-state index >= 15 is 0 Å². The number of hydrogen-bond acceptors (Lipinski definition) is 4. The standard InChI is InChI=1S/C18H23NO4/c1-13(2)11-22-12-15-9-14(6-7-17(15)21-3)18(20)19-10-16-5-4-8-23-16/h4-9,13H,10-12H2,1-3H3,(H,19,20). The molecule has 1 N–H and O–H groups in total. The highest BCUT2D eigenvalue weighted by molar-refractivity contribution is 5.94. The van der Waals surface area contributed by atoms with E-state index in [0.717, 1.165) is 11.3 Å². The van der Waals surface area contributed by atoms with Crippen molar-refractivity contribution < 1.29 is 18.7 Å². The Morgan fingerprint density at radius 3 is 2.78 bits per heavy atom. The first-order chi connectivity index (χ1) is 11.1. The molecule has 0 radical (unpaired) electrons.